The number of aromatic nitrogens is 1. The Morgan fingerprint density at radius 1 is 1.39 bits per heavy atom. The van der Waals surface area contributed by atoms with Crippen LogP contribution in [0, 0.1) is 5.92 Å². The number of amides is 1. The minimum atomic E-state index is 0.165. The highest BCUT2D eigenvalue weighted by Crippen LogP contribution is 2.23. The third kappa shape index (κ3) is 3.26. The van der Waals surface area contributed by atoms with Crippen LogP contribution in [-0.2, 0) is 11.2 Å². The van der Waals surface area contributed by atoms with E-state index in [0.717, 1.165) is 29.4 Å². The largest absolute Gasteiger partial charge is 0.396 e. The number of likely N-dealkylation sites (N-methyl/N-ethyl adjacent to an activating group) is 1. The van der Waals surface area contributed by atoms with Gasteiger partial charge in [-0.25, -0.2) is 0 Å². The first kappa shape index (κ1) is 16.0. The summed E-state index contributed by atoms with van der Waals surface area (Å²) in [6, 6.07) is 8.29. The van der Waals surface area contributed by atoms with Crippen molar-refractivity contribution in [3.05, 3.63) is 36.0 Å². The number of carbonyl (C=O) groups excluding carboxylic acids is 1. The molecule has 1 aliphatic heterocycles. The van der Waals surface area contributed by atoms with Gasteiger partial charge in [-0.1, -0.05) is 18.2 Å². The molecule has 0 bridgehead atoms. The standard InChI is InChI=1S/C18H25N3O2/c1-20(2)17-11-21(8-7-13(17)12-22)18(23)9-14-10-19-16-6-4-3-5-15(14)16/h3-6,10,13,17,19,22H,7-9,11-12H2,1-2H3/t13-,17-/m1/s1. The van der Waals surface area contributed by atoms with Crippen LogP contribution in [0.15, 0.2) is 30.5 Å². The Balaban J connectivity index is 1.71. The monoisotopic (exact) mass is 315 g/mol. The van der Waals surface area contributed by atoms with Gasteiger partial charge in [0.1, 0.15) is 0 Å². The molecule has 0 unspecified atom stereocenters. The Bertz CT molecular complexity index is 680. The van der Waals surface area contributed by atoms with Crippen LogP contribution in [0.4, 0.5) is 0 Å². The van der Waals surface area contributed by atoms with E-state index in [1.807, 2.05) is 43.4 Å². The van der Waals surface area contributed by atoms with Crippen molar-refractivity contribution in [2.45, 2.75) is 18.9 Å². The van der Waals surface area contributed by atoms with E-state index in [4.69, 9.17) is 0 Å². The van der Waals surface area contributed by atoms with E-state index >= 15 is 0 Å². The maximum Gasteiger partial charge on any atom is 0.227 e. The molecule has 1 aromatic carbocycles. The molecule has 5 nitrogen and oxygen atoms in total. The molecular formula is C18H25N3O2. The fourth-order valence-corrected chi connectivity index (χ4v) is 3.56. The smallest absolute Gasteiger partial charge is 0.227 e. The van der Waals surface area contributed by atoms with Gasteiger partial charge in [0.2, 0.25) is 5.91 Å². The van der Waals surface area contributed by atoms with Crippen molar-refractivity contribution >= 4 is 16.8 Å². The van der Waals surface area contributed by atoms with Crippen LogP contribution in [0.2, 0.25) is 0 Å². The van der Waals surface area contributed by atoms with Gasteiger partial charge >= 0.3 is 0 Å². The number of para-hydroxylation sites is 1. The second-order valence-electron chi connectivity index (χ2n) is 6.64. The molecule has 1 aliphatic rings. The number of rotatable bonds is 4. The van der Waals surface area contributed by atoms with Gasteiger partial charge in [-0.2, -0.15) is 0 Å². The van der Waals surface area contributed by atoms with E-state index in [2.05, 4.69) is 16.0 Å². The Kier molecular flexibility index (Phi) is 4.68. The number of carbonyl (C=O) groups is 1. The van der Waals surface area contributed by atoms with E-state index in [1.165, 1.54) is 0 Å². The van der Waals surface area contributed by atoms with E-state index < -0.39 is 0 Å². The molecule has 124 valence electrons. The van der Waals surface area contributed by atoms with Crippen molar-refractivity contribution in [3.63, 3.8) is 0 Å². The molecule has 2 aromatic rings. The van der Waals surface area contributed by atoms with Crippen molar-refractivity contribution < 1.29 is 9.90 Å². The Labute approximate surface area is 136 Å². The molecule has 3 rings (SSSR count). The Morgan fingerprint density at radius 3 is 2.91 bits per heavy atom. The van der Waals surface area contributed by atoms with Crippen molar-refractivity contribution in [3.8, 4) is 0 Å². The second-order valence-corrected chi connectivity index (χ2v) is 6.64. The lowest BCUT2D eigenvalue weighted by molar-refractivity contribution is -0.133. The normalized spacial score (nSPS) is 22.0. The first-order valence-corrected chi connectivity index (χ1v) is 8.20. The molecule has 0 aliphatic carbocycles. The molecule has 1 saturated heterocycles. The van der Waals surface area contributed by atoms with Crippen LogP contribution in [-0.4, -0.2) is 65.6 Å². The molecule has 2 heterocycles. The maximum atomic E-state index is 12.7. The number of benzene rings is 1. The van der Waals surface area contributed by atoms with Crippen molar-refractivity contribution in [1.82, 2.24) is 14.8 Å². The predicted molar refractivity (Wildman–Crippen MR) is 91.3 cm³/mol. The van der Waals surface area contributed by atoms with Crippen molar-refractivity contribution in [2.24, 2.45) is 5.92 Å². The van der Waals surface area contributed by atoms with E-state index in [-0.39, 0.29) is 24.5 Å². The number of nitrogens with zero attached hydrogens (tertiary/aromatic N) is 2. The highest BCUT2D eigenvalue weighted by Gasteiger charge is 2.32. The first-order chi connectivity index (χ1) is 11.1. The maximum absolute atomic E-state index is 12.7. The summed E-state index contributed by atoms with van der Waals surface area (Å²) in [5.41, 5.74) is 2.12. The molecule has 23 heavy (non-hydrogen) atoms. The summed E-state index contributed by atoms with van der Waals surface area (Å²) in [6.45, 7) is 1.61. The quantitative estimate of drug-likeness (QED) is 0.898. The second kappa shape index (κ2) is 6.72. The van der Waals surface area contributed by atoms with Crippen LogP contribution in [0.3, 0.4) is 0 Å². The average molecular weight is 315 g/mol. The SMILES string of the molecule is CN(C)[C@@H]1CN(C(=O)Cc2c[nH]c3ccccc23)CC[C@@H]1CO. The molecule has 2 atom stereocenters. The summed E-state index contributed by atoms with van der Waals surface area (Å²) in [5, 5.41) is 10.6. The molecule has 1 amide bonds. The number of aliphatic hydroxyl groups is 1. The van der Waals surface area contributed by atoms with Gasteiger partial charge in [-0.3, -0.25) is 4.79 Å². The van der Waals surface area contributed by atoms with Crippen LogP contribution in [0.5, 0.6) is 0 Å². The van der Waals surface area contributed by atoms with E-state index in [0.29, 0.717) is 13.0 Å². The number of hydrogen-bond donors (Lipinski definition) is 2. The number of hydrogen-bond acceptors (Lipinski definition) is 3. The molecule has 1 fully saturated rings. The third-order valence-corrected chi connectivity index (χ3v) is 4.99. The zero-order valence-electron chi connectivity index (χ0n) is 13.8. The Morgan fingerprint density at radius 2 is 2.17 bits per heavy atom. The van der Waals surface area contributed by atoms with Crippen LogP contribution >= 0.6 is 0 Å². The van der Waals surface area contributed by atoms with Gasteiger partial charge in [-0.15, -0.1) is 0 Å². The lowest BCUT2D eigenvalue weighted by Gasteiger charge is -2.41. The van der Waals surface area contributed by atoms with Gasteiger partial charge in [0.15, 0.2) is 0 Å². The van der Waals surface area contributed by atoms with Crippen molar-refractivity contribution in [1.29, 1.82) is 0 Å². The van der Waals surface area contributed by atoms with E-state index in [1.54, 1.807) is 0 Å². The minimum absolute atomic E-state index is 0.165. The first-order valence-electron chi connectivity index (χ1n) is 8.20. The number of likely N-dealkylation sites (tertiary alicyclic amines) is 1. The summed E-state index contributed by atoms with van der Waals surface area (Å²) in [4.78, 5) is 20.0. The van der Waals surface area contributed by atoms with Crippen LogP contribution < -0.4 is 0 Å². The average Bonchev–Trinajstić information content (AvgIpc) is 2.97. The lowest BCUT2D eigenvalue weighted by atomic mass is 9.91. The summed E-state index contributed by atoms with van der Waals surface area (Å²) in [7, 11) is 4.03. The van der Waals surface area contributed by atoms with E-state index in [9.17, 15) is 9.90 Å². The highest BCUT2D eigenvalue weighted by molar-refractivity contribution is 5.88. The third-order valence-electron chi connectivity index (χ3n) is 4.99. The molecule has 0 spiro atoms. The predicted octanol–water partition coefficient (Wildman–Crippen LogP) is 1.48. The number of fused-ring (bicyclic) bond motifs is 1. The number of aliphatic hydroxyl groups excluding tert-OH is 1. The van der Waals surface area contributed by atoms with Crippen molar-refractivity contribution in [2.75, 3.05) is 33.8 Å². The molecule has 0 saturated carbocycles. The topological polar surface area (TPSA) is 59.6 Å². The van der Waals surface area contributed by atoms with Gasteiger partial charge in [0.25, 0.3) is 0 Å². The number of nitrogens with one attached hydrogen (secondary N) is 1. The summed E-state index contributed by atoms with van der Waals surface area (Å²) >= 11 is 0. The fourth-order valence-electron chi connectivity index (χ4n) is 3.56. The van der Waals surface area contributed by atoms with Crippen LogP contribution in [0.25, 0.3) is 10.9 Å². The highest BCUT2D eigenvalue weighted by atomic mass is 16.3. The summed E-state index contributed by atoms with van der Waals surface area (Å²) in [6.07, 6.45) is 3.22. The summed E-state index contributed by atoms with van der Waals surface area (Å²) in [5.74, 6) is 0.417. The summed E-state index contributed by atoms with van der Waals surface area (Å²) < 4.78 is 0. The molecule has 5 heteroatoms. The molecular weight excluding hydrogens is 290 g/mol. The molecule has 1 aromatic heterocycles. The molecule has 2 N–H and O–H groups in total. The number of H-pyrrole nitrogens is 1. The molecule has 0 radical (unpaired) electrons. The fraction of sp³-hybridized carbons (Fsp3) is 0.500. The zero-order chi connectivity index (χ0) is 16.4. The lowest BCUT2D eigenvalue weighted by Crippen LogP contribution is -2.53. The van der Waals surface area contributed by atoms with Crippen LogP contribution in [0.1, 0.15) is 12.0 Å². The Hall–Kier alpha value is -1.85. The number of aromatic amines is 1. The zero-order valence-corrected chi connectivity index (χ0v) is 13.8. The minimum Gasteiger partial charge on any atom is -0.396 e. The van der Waals surface area contributed by atoms with Gasteiger partial charge in [-0.05, 0) is 32.1 Å². The van der Waals surface area contributed by atoms with Gasteiger partial charge in [0, 0.05) is 48.8 Å². The van der Waals surface area contributed by atoms with Gasteiger partial charge in [0.05, 0.1) is 6.42 Å². The number of piperidine rings is 1. The van der Waals surface area contributed by atoms with Gasteiger partial charge < -0.3 is 19.9 Å².